The first-order valence-corrected chi connectivity index (χ1v) is 6.32. The van der Waals surface area contributed by atoms with E-state index in [1.54, 1.807) is 0 Å². The molecule has 1 aromatic rings. The van der Waals surface area contributed by atoms with Crippen molar-refractivity contribution in [2.75, 3.05) is 24.3 Å². The Morgan fingerprint density at radius 3 is 2.78 bits per heavy atom. The molecule has 1 rings (SSSR count). The van der Waals surface area contributed by atoms with E-state index in [1.807, 2.05) is 50.2 Å². The second-order valence-corrected chi connectivity index (χ2v) is 4.86. The van der Waals surface area contributed by atoms with Crippen LogP contribution in [-0.4, -0.2) is 26.0 Å². The number of anilines is 2. The monoisotopic (exact) mass is 249 g/mol. The van der Waals surface area contributed by atoms with E-state index in [9.17, 15) is 4.79 Å². The molecule has 0 saturated heterocycles. The summed E-state index contributed by atoms with van der Waals surface area (Å²) in [4.78, 5) is 13.7. The van der Waals surface area contributed by atoms with Crippen LogP contribution in [0, 0.1) is 0 Å². The van der Waals surface area contributed by atoms with Crippen LogP contribution in [0.3, 0.4) is 0 Å². The average Bonchev–Trinajstić information content (AvgIpc) is 2.28. The third kappa shape index (κ3) is 5.19. The Kier molecular flexibility index (Phi) is 5.65. The molecular formula is C14H23N3O. The Labute approximate surface area is 109 Å². The van der Waals surface area contributed by atoms with Gasteiger partial charge in [-0.1, -0.05) is 6.07 Å². The molecule has 0 bridgehead atoms. The van der Waals surface area contributed by atoms with E-state index in [1.165, 1.54) is 0 Å². The summed E-state index contributed by atoms with van der Waals surface area (Å²) in [6.07, 6.45) is 2.23. The van der Waals surface area contributed by atoms with E-state index < -0.39 is 0 Å². The topological polar surface area (TPSA) is 58.4 Å². The van der Waals surface area contributed by atoms with Crippen LogP contribution < -0.4 is 16.0 Å². The first kappa shape index (κ1) is 14.5. The SMILES string of the molecule is CC(N)CCCC(=O)Nc1cccc(N(C)C)c1. The smallest absolute Gasteiger partial charge is 0.224 e. The van der Waals surface area contributed by atoms with E-state index in [0.717, 1.165) is 24.2 Å². The second kappa shape index (κ2) is 7.01. The standard InChI is InChI=1S/C14H23N3O/c1-11(15)6-4-9-14(18)16-12-7-5-8-13(10-12)17(2)3/h5,7-8,10-11H,4,6,9,15H2,1-3H3,(H,16,18). The van der Waals surface area contributed by atoms with Gasteiger partial charge in [0, 0.05) is 37.9 Å². The van der Waals surface area contributed by atoms with Crippen LogP contribution in [0.1, 0.15) is 26.2 Å². The zero-order valence-corrected chi connectivity index (χ0v) is 11.4. The first-order valence-electron chi connectivity index (χ1n) is 6.32. The van der Waals surface area contributed by atoms with Gasteiger partial charge in [0.25, 0.3) is 0 Å². The van der Waals surface area contributed by atoms with Crippen molar-refractivity contribution in [1.82, 2.24) is 0 Å². The minimum atomic E-state index is 0.0477. The molecule has 3 N–H and O–H groups in total. The van der Waals surface area contributed by atoms with E-state index in [-0.39, 0.29) is 11.9 Å². The van der Waals surface area contributed by atoms with Gasteiger partial charge in [-0.2, -0.15) is 0 Å². The molecule has 4 heteroatoms. The number of nitrogens with one attached hydrogen (secondary N) is 1. The van der Waals surface area contributed by atoms with Gasteiger partial charge in [0.15, 0.2) is 0 Å². The lowest BCUT2D eigenvalue weighted by Crippen LogP contribution is -2.17. The highest BCUT2D eigenvalue weighted by molar-refractivity contribution is 5.91. The van der Waals surface area contributed by atoms with Crippen LogP contribution in [0.25, 0.3) is 0 Å². The third-order valence-corrected chi connectivity index (χ3v) is 2.71. The fourth-order valence-corrected chi connectivity index (χ4v) is 1.67. The number of carbonyl (C=O) groups is 1. The maximum Gasteiger partial charge on any atom is 0.224 e. The Hall–Kier alpha value is -1.55. The van der Waals surface area contributed by atoms with Crippen molar-refractivity contribution in [3.8, 4) is 0 Å². The highest BCUT2D eigenvalue weighted by Gasteiger charge is 2.04. The van der Waals surface area contributed by atoms with Crippen LogP contribution in [0.5, 0.6) is 0 Å². The van der Waals surface area contributed by atoms with Crippen LogP contribution in [-0.2, 0) is 4.79 Å². The molecule has 0 aliphatic heterocycles. The molecule has 1 atom stereocenters. The summed E-state index contributed by atoms with van der Waals surface area (Å²) < 4.78 is 0. The van der Waals surface area contributed by atoms with Crippen molar-refractivity contribution in [3.63, 3.8) is 0 Å². The molecule has 1 amide bonds. The lowest BCUT2D eigenvalue weighted by Gasteiger charge is -2.14. The zero-order chi connectivity index (χ0) is 13.5. The fourth-order valence-electron chi connectivity index (χ4n) is 1.67. The molecule has 0 spiro atoms. The molecule has 0 heterocycles. The molecule has 0 saturated carbocycles. The van der Waals surface area contributed by atoms with Crippen LogP contribution in [0.15, 0.2) is 24.3 Å². The number of nitrogens with two attached hydrogens (primary N) is 1. The molecule has 0 aliphatic carbocycles. The fraction of sp³-hybridized carbons (Fsp3) is 0.500. The molecular weight excluding hydrogens is 226 g/mol. The van der Waals surface area contributed by atoms with Gasteiger partial charge in [-0.05, 0) is 38.0 Å². The van der Waals surface area contributed by atoms with Gasteiger partial charge in [0.2, 0.25) is 5.91 Å². The molecule has 0 aromatic heterocycles. The largest absolute Gasteiger partial charge is 0.378 e. The quantitative estimate of drug-likeness (QED) is 0.812. The summed E-state index contributed by atoms with van der Waals surface area (Å²) in [5, 5.41) is 2.90. The van der Waals surface area contributed by atoms with Crippen molar-refractivity contribution < 1.29 is 4.79 Å². The van der Waals surface area contributed by atoms with Gasteiger partial charge in [0.1, 0.15) is 0 Å². The van der Waals surface area contributed by atoms with Crippen molar-refractivity contribution >= 4 is 17.3 Å². The summed E-state index contributed by atoms with van der Waals surface area (Å²) in [6, 6.07) is 7.97. The number of nitrogens with zero attached hydrogens (tertiary/aromatic N) is 1. The van der Waals surface area contributed by atoms with E-state index in [2.05, 4.69) is 5.32 Å². The van der Waals surface area contributed by atoms with Gasteiger partial charge >= 0.3 is 0 Å². The third-order valence-electron chi connectivity index (χ3n) is 2.71. The van der Waals surface area contributed by atoms with Gasteiger partial charge < -0.3 is 16.0 Å². The Bertz CT molecular complexity index is 388. The number of rotatable bonds is 6. The number of hydrogen-bond acceptors (Lipinski definition) is 3. The highest BCUT2D eigenvalue weighted by atomic mass is 16.1. The molecule has 4 nitrogen and oxygen atoms in total. The minimum absolute atomic E-state index is 0.0477. The van der Waals surface area contributed by atoms with Gasteiger partial charge in [-0.25, -0.2) is 0 Å². The molecule has 1 aromatic carbocycles. The van der Waals surface area contributed by atoms with Gasteiger partial charge in [0.05, 0.1) is 0 Å². The summed E-state index contributed by atoms with van der Waals surface area (Å²) in [6.45, 7) is 1.96. The van der Waals surface area contributed by atoms with E-state index >= 15 is 0 Å². The Balaban J connectivity index is 2.46. The summed E-state index contributed by atoms with van der Waals surface area (Å²) in [5.74, 6) is 0.0477. The highest BCUT2D eigenvalue weighted by Crippen LogP contribution is 2.17. The predicted octanol–water partition coefficient (Wildman–Crippen LogP) is 2.21. The van der Waals surface area contributed by atoms with Crippen molar-refractivity contribution in [1.29, 1.82) is 0 Å². The lowest BCUT2D eigenvalue weighted by atomic mass is 10.1. The van der Waals surface area contributed by atoms with Crippen LogP contribution in [0.2, 0.25) is 0 Å². The van der Waals surface area contributed by atoms with Crippen LogP contribution >= 0.6 is 0 Å². The summed E-state index contributed by atoms with van der Waals surface area (Å²) in [5.41, 5.74) is 7.56. The number of carbonyl (C=O) groups excluding carboxylic acids is 1. The number of hydrogen-bond donors (Lipinski definition) is 2. The van der Waals surface area contributed by atoms with E-state index in [0.29, 0.717) is 6.42 Å². The van der Waals surface area contributed by atoms with Crippen molar-refractivity contribution in [2.24, 2.45) is 5.73 Å². The normalized spacial score (nSPS) is 12.0. The first-order chi connectivity index (χ1) is 8.49. The maximum atomic E-state index is 11.7. The molecule has 100 valence electrons. The summed E-state index contributed by atoms with van der Waals surface area (Å²) >= 11 is 0. The summed E-state index contributed by atoms with van der Waals surface area (Å²) in [7, 11) is 3.95. The number of amides is 1. The van der Waals surface area contributed by atoms with E-state index in [4.69, 9.17) is 5.73 Å². The Morgan fingerprint density at radius 1 is 1.44 bits per heavy atom. The second-order valence-electron chi connectivity index (χ2n) is 4.86. The molecule has 0 fully saturated rings. The van der Waals surface area contributed by atoms with Gasteiger partial charge in [-0.3, -0.25) is 4.79 Å². The Morgan fingerprint density at radius 2 is 2.17 bits per heavy atom. The molecule has 0 aliphatic rings. The van der Waals surface area contributed by atoms with Crippen molar-refractivity contribution in [2.45, 2.75) is 32.2 Å². The predicted molar refractivity (Wildman–Crippen MR) is 76.9 cm³/mol. The van der Waals surface area contributed by atoms with Crippen LogP contribution in [0.4, 0.5) is 11.4 Å². The maximum absolute atomic E-state index is 11.7. The average molecular weight is 249 g/mol. The zero-order valence-electron chi connectivity index (χ0n) is 11.4. The lowest BCUT2D eigenvalue weighted by molar-refractivity contribution is -0.116. The molecule has 0 radical (unpaired) electrons. The molecule has 1 unspecified atom stereocenters. The number of benzene rings is 1. The molecule has 18 heavy (non-hydrogen) atoms. The van der Waals surface area contributed by atoms with Crippen molar-refractivity contribution in [3.05, 3.63) is 24.3 Å². The minimum Gasteiger partial charge on any atom is -0.378 e. The van der Waals surface area contributed by atoms with Gasteiger partial charge in [-0.15, -0.1) is 0 Å².